The normalized spacial score (nSPS) is 14.3. The van der Waals surface area contributed by atoms with Crippen LogP contribution in [0.5, 0.6) is 5.75 Å². The number of aliphatic carboxylic acids is 1. The number of carboxylic acid groups (broad SMARTS) is 1. The van der Waals surface area contributed by atoms with Crippen molar-refractivity contribution in [1.29, 1.82) is 0 Å². The molecule has 0 aliphatic rings. The van der Waals surface area contributed by atoms with Gasteiger partial charge in [-0.1, -0.05) is 19.9 Å². The Morgan fingerprint density at radius 2 is 2.11 bits per heavy atom. The lowest BCUT2D eigenvalue weighted by Crippen LogP contribution is -2.36. The highest BCUT2D eigenvalue weighted by molar-refractivity contribution is 5.69. The van der Waals surface area contributed by atoms with Crippen molar-refractivity contribution in [2.45, 2.75) is 38.6 Å². The molecule has 1 unspecified atom stereocenters. The van der Waals surface area contributed by atoms with Gasteiger partial charge in [-0.25, -0.2) is 0 Å². The van der Waals surface area contributed by atoms with Crippen molar-refractivity contribution in [3.8, 4) is 5.75 Å². The fourth-order valence-corrected chi connectivity index (χ4v) is 1.94. The molecule has 0 amide bonds. The van der Waals surface area contributed by atoms with E-state index in [9.17, 15) is 4.79 Å². The van der Waals surface area contributed by atoms with Crippen LogP contribution in [0.25, 0.3) is 0 Å². The third kappa shape index (κ3) is 3.23. The van der Waals surface area contributed by atoms with Crippen molar-refractivity contribution < 1.29 is 14.6 Å². The van der Waals surface area contributed by atoms with Crippen LogP contribution in [0.2, 0.25) is 0 Å². The number of nitrogens with two attached hydrogens (primary N) is 1. The monoisotopic (exact) mass is 251 g/mol. The molecule has 0 aliphatic heterocycles. The molecule has 1 aromatic rings. The summed E-state index contributed by atoms with van der Waals surface area (Å²) in [4.78, 5) is 10.9. The summed E-state index contributed by atoms with van der Waals surface area (Å²) in [6.45, 7) is 5.87. The van der Waals surface area contributed by atoms with Crippen molar-refractivity contribution in [2.24, 2.45) is 5.73 Å². The molecule has 0 fully saturated rings. The minimum Gasteiger partial charge on any atom is -0.496 e. The molecule has 1 atom stereocenters. The molecule has 0 aromatic heterocycles. The molecule has 1 aromatic carbocycles. The fraction of sp³-hybridized carbons (Fsp3) is 0.500. The molecule has 0 heterocycles. The predicted molar refractivity (Wildman–Crippen MR) is 70.9 cm³/mol. The summed E-state index contributed by atoms with van der Waals surface area (Å²) < 4.78 is 5.28. The van der Waals surface area contributed by atoms with Crippen molar-refractivity contribution in [1.82, 2.24) is 0 Å². The van der Waals surface area contributed by atoms with Crippen LogP contribution in [0.15, 0.2) is 18.2 Å². The van der Waals surface area contributed by atoms with E-state index in [-0.39, 0.29) is 6.42 Å². The standard InChI is InChI=1S/C14H21NO3/c1-9(2)10-5-6-12(18-4)11(7-10)14(3,15)8-13(16)17/h5-7,9H,8,15H2,1-4H3,(H,16,17). The number of methoxy groups -OCH3 is 1. The fourth-order valence-electron chi connectivity index (χ4n) is 1.94. The molecule has 100 valence electrons. The van der Waals surface area contributed by atoms with Gasteiger partial charge in [0.1, 0.15) is 5.75 Å². The van der Waals surface area contributed by atoms with E-state index in [1.165, 1.54) is 0 Å². The second-order valence-electron chi connectivity index (χ2n) is 5.10. The number of carboxylic acids is 1. The Labute approximate surface area is 108 Å². The Morgan fingerprint density at radius 1 is 1.50 bits per heavy atom. The van der Waals surface area contributed by atoms with Crippen LogP contribution in [0.4, 0.5) is 0 Å². The molecule has 0 radical (unpaired) electrons. The van der Waals surface area contributed by atoms with Crippen LogP contribution < -0.4 is 10.5 Å². The van der Waals surface area contributed by atoms with Crippen molar-refractivity contribution in [3.63, 3.8) is 0 Å². The van der Waals surface area contributed by atoms with Gasteiger partial charge in [0.2, 0.25) is 0 Å². The summed E-state index contributed by atoms with van der Waals surface area (Å²) in [5, 5.41) is 8.93. The smallest absolute Gasteiger partial charge is 0.305 e. The van der Waals surface area contributed by atoms with Gasteiger partial charge in [0.05, 0.1) is 19.1 Å². The largest absolute Gasteiger partial charge is 0.496 e. The number of benzene rings is 1. The topological polar surface area (TPSA) is 72.5 Å². The minimum atomic E-state index is -0.942. The van der Waals surface area contributed by atoms with E-state index < -0.39 is 11.5 Å². The van der Waals surface area contributed by atoms with Gasteiger partial charge in [0.25, 0.3) is 0 Å². The second-order valence-corrected chi connectivity index (χ2v) is 5.10. The molecule has 0 bridgehead atoms. The Morgan fingerprint density at radius 3 is 2.56 bits per heavy atom. The highest BCUT2D eigenvalue weighted by atomic mass is 16.5. The molecule has 18 heavy (non-hydrogen) atoms. The Bertz CT molecular complexity index is 439. The molecule has 4 heteroatoms. The van der Waals surface area contributed by atoms with Crippen LogP contribution in [0.1, 0.15) is 44.2 Å². The highest BCUT2D eigenvalue weighted by Gasteiger charge is 2.28. The third-order valence-electron chi connectivity index (χ3n) is 3.02. The zero-order chi connectivity index (χ0) is 13.9. The molecule has 0 saturated carbocycles. The maximum atomic E-state index is 10.9. The zero-order valence-corrected chi connectivity index (χ0v) is 11.4. The summed E-state index contributed by atoms with van der Waals surface area (Å²) >= 11 is 0. The van der Waals surface area contributed by atoms with Gasteiger partial charge in [-0.15, -0.1) is 0 Å². The maximum Gasteiger partial charge on any atom is 0.305 e. The van der Waals surface area contributed by atoms with Crippen LogP contribution in [0, 0.1) is 0 Å². The Hall–Kier alpha value is -1.55. The van der Waals surface area contributed by atoms with E-state index in [1.54, 1.807) is 14.0 Å². The first kappa shape index (κ1) is 14.5. The summed E-state index contributed by atoms with van der Waals surface area (Å²) in [5.74, 6) is 0.0675. The summed E-state index contributed by atoms with van der Waals surface area (Å²) in [6.07, 6.45) is -0.134. The average Bonchev–Trinajstić information content (AvgIpc) is 2.26. The molecule has 1 rings (SSSR count). The predicted octanol–water partition coefficient (Wildman–Crippen LogP) is 2.47. The van der Waals surface area contributed by atoms with Crippen LogP contribution in [0.3, 0.4) is 0 Å². The van der Waals surface area contributed by atoms with Gasteiger partial charge in [0.15, 0.2) is 0 Å². The van der Waals surface area contributed by atoms with Crippen LogP contribution >= 0.6 is 0 Å². The van der Waals surface area contributed by atoms with Crippen molar-refractivity contribution in [3.05, 3.63) is 29.3 Å². The Balaban J connectivity index is 3.26. The van der Waals surface area contributed by atoms with Gasteiger partial charge in [0, 0.05) is 5.56 Å². The molecule has 0 aliphatic carbocycles. The van der Waals surface area contributed by atoms with E-state index in [2.05, 4.69) is 13.8 Å². The van der Waals surface area contributed by atoms with E-state index in [0.29, 0.717) is 11.7 Å². The maximum absolute atomic E-state index is 10.9. The minimum absolute atomic E-state index is 0.134. The summed E-state index contributed by atoms with van der Waals surface area (Å²) in [7, 11) is 1.56. The van der Waals surface area contributed by atoms with Crippen LogP contribution in [-0.4, -0.2) is 18.2 Å². The number of rotatable bonds is 5. The van der Waals surface area contributed by atoms with Crippen LogP contribution in [-0.2, 0) is 10.3 Å². The lowest BCUT2D eigenvalue weighted by molar-refractivity contribution is -0.138. The summed E-state index contributed by atoms with van der Waals surface area (Å²) in [5.41, 5.74) is 7.03. The number of hydrogen-bond acceptors (Lipinski definition) is 3. The SMILES string of the molecule is COc1ccc(C(C)C)cc1C(C)(N)CC(=O)O. The van der Waals surface area contributed by atoms with Gasteiger partial charge in [-0.3, -0.25) is 4.79 Å². The number of ether oxygens (including phenoxy) is 1. The molecular formula is C14H21NO3. The van der Waals surface area contributed by atoms with Gasteiger partial charge in [-0.05, 0) is 30.5 Å². The second kappa shape index (κ2) is 5.40. The van der Waals surface area contributed by atoms with E-state index in [4.69, 9.17) is 15.6 Å². The molecule has 0 saturated heterocycles. The molecule has 0 spiro atoms. The average molecular weight is 251 g/mol. The van der Waals surface area contributed by atoms with Crippen molar-refractivity contribution in [2.75, 3.05) is 7.11 Å². The zero-order valence-electron chi connectivity index (χ0n) is 11.4. The van der Waals surface area contributed by atoms with Gasteiger partial charge in [-0.2, -0.15) is 0 Å². The van der Waals surface area contributed by atoms with E-state index >= 15 is 0 Å². The lowest BCUT2D eigenvalue weighted by atomic mass is 9.86. The van der Waals surface area contributed by atoms with Gasteiger partial charge >= 0.3 is 5.97 Å². The highest BCUT2D eigenvalue weighted by Crippen LogP contribution is 2.33. The first-order chi connectivity index (χ1) is 8.27. The quantitative estimate of drug-likeness (QED) is 0.843. The number of carbonyl (C=O) groups is 1. The molecule has 4 nitrogen and oxygen atoms in total. The van der Waals surface area contributed by atoms with Crippen molar-refractivity contribution >= 4 is 5.97 Å². The van der Waals surface area contributed by atoms with E-state index in [1.807, 2.05) is 18.2 Å². The van der Waals surface area contributed by atoms with E-state index in [0.717, 1.165) is 11.1 Å². The summed E-state index contributed by atoms with van der Waals surface area (Å²) in [6, 6.07) is 5.76. The first-order valence-corrected chi connectivity index (χ1v) is 5.97. The van der Waals surface area contributed by atoms with Gasteiger partial charge < -0.3 is 15.6 Å². The molecule has 3 N–H and O–H groups in total. The molecular weight excluding hydrogens is 230 g/mol. The number of hydrogen-bond donors (Lipinski definition) is 2. The first-order valence-electron chi connectivity index (χ1n) is 5.97. The Kier molecular flexibility index (Phi) is 4.35. The lowest BCUT2D eigenvalue weighted by Gasteiger charge is -2.26. The third-order valence-corrected chi connectivity index (χ3v) is 3.02.